The number of aryl methyl sites for hydroxylation is 1. The van der Waals surface area contributed by atoms with Gasteiger partial charge in [-0.3, -0.25) is 5.84 Å². The lowest BCUT2D eigenvalue weighted by Gasteiger charge is -2.18. The summed E-state index contributed by atoms with van der Waals surface area (Å²) in [6, 6.07) is 6.27. The summed E-state index contributed by atoms with van der Waals surface area (Å²) in [4.78, 5) is 0. The van der Waals surface area contributed by atoms with E-state index in [-0.39, 0.29) is 6.04 Å². The first-order chi connectivity index (χ1) is 8.13. The molecule has 3 N–H and O–H groups in total. The Morgan fingerprint density at radius 2 is 1.94 bits per heavy atom. The average molecular weight is 376 g/mol. The van der Waals surface area contributed by atoms with Crippen molar-refractivity contribution in [3.8, 4) is 0 Å². The van der Waals surface area contributed by atoms with Crippen LogP contribution in [0, 0.1) is 6.92 Å². The van der Waals surface area contributed by atoms with Crippen molar-refractivity contribution in [1.82, 2.24) is 5.43 Å². The molecule has 0 radical (unpaired) electrons. The summed E-state index contributed by atoms with van der Waals surface area (Å²) in [5.74, 6) is 5.68. The Morgan fingerprint density at radius 3 is 2.47 bits per heavy atom. The van der Waals surface area contributed by atoms with Crippen LogP contribution in [0.25, 0.3) is 0 Å². The Labute approximate surface area is 121 Å². The Hall–Kier alpha value is -0.200. The van der Waals surface area contributed by atoms with Crippen molar-refractivity contribution < 1.29 is 0 Å². The summed E-state index contributed by atoms with van der Waals surface area (Å²) < 4.78 is 2.15. The zero-order valence-electron chi connectivity index (χ0n) is 9.21. The molecule has 2 rings (SSSR count). The van der Waals surface area contributed by atoms with E-state index in [1.807, 2.05) is 0 Å². The number of halogens is 2. The van der Waals surface area contributed by atoms with Gasteiger partial charge in [0.2, 0.25) is 0 Å². The van der Waals surface area contributed by atoms with Gasteiger partial charge in [-0.25, -0.2) is 5.43 Å². The van der Waals surface area contributed by atoms with Crippen LogP contribution in [-0.2, 0) is 0 Å². The van der Waals surface area contributed by atoms with Gasteiger partial charge < -0.3 is 0 Å². The maximum atomic E-state index is 5.68. The van der Waals surface area contributed by atoms with Crippen LogP contribution in [0.15, 0.2) is 37.9 Å². The Balaban J connectivity index is 2.46. The molecule has 0 fully saturated rings. The van der Waals surface area contributed by atoms with E-state index in [2.05, 4.69) is 73.2 Å². The van der Waals surface area contributed by atoms with Crippen LogP contribution in [0.2, 0.25) is 0 Å². The van der Waals surface area contributed by atoms with Crippen LogP contribution in [0.5, 0.6) is 0 Å². The largest absolute Gasteiger partial charge is 0.271 e. The quantitative estimate of drug-likeness (QED) is 0.625. The second-order valence-corrected chi connectivity index (χ2v) is 6.25. The average Bonchev–Trinajstić information content (AvgIpc) is 2.69. The molecule has 2 nitrogen and oxygen atoms in total. The molecular weight excluding hydrogens is 364 g/mol. The summed E-state index contributed by atoms with van der Waals surface area (Å²) in [7, 11) is 0. The molecule has 2 aromatic rings. The Bertz CT molecular complexity index is 525. The van der Waals surface area contributed by atoms with Gasteiger partial charge >= 0.3 is 0 Å². The highest BCUT2D eigenvalue weighted by molar-refractivity contribution is 9.10. The third-order valence-electron chi connectivity index (χ3n) is 2.59. The Morgan fingerprint density at radius 1 is 1.18 bits per heavy atom. The second kappa shape index (κ2) is 5.63. The molecule has 0 spiro atoms. The van der Waals surface area contributed by atoms with Crippen molar-refractivity contribution in [2.75, 3.05) is 0 Å². The minimum atomic E-state index is -0.00870. The zero-order valence-corrected chi connectivity index (χ0v) is 13.2. The highest BCUT2D eigenvalue weighted by atomic mass is 79.9. The lowest BCUT2D eigenvalue weighted by atomic mass is 10.0. The SMILES string of the molecule is Cc1ccc(C(NN)c2cscc2Br)c(Br)c1. The topological polar surface area (TPSA) is 38.0 Å². The van der Waals surface area contributed by atoms with E-state index >= 15 is 0 Å². The highest BCUT2D eigenvalue weighted by Crippen LogP contribution is 2.34. The minimum absolute atomic E-state index is 0.00870. The van der Waals surface area contributed by atoms with Crippen molar-refractivity contribution in [3.63, 3.8) is 0 Å². The first-order valence-corrected chi connectivity index (χ1v) is 7.60. The van der Waals surface area contributed by atoms with E-state index in [0.29, 0.717) is 0 Å². The molecule has 0 aliphatic rings. The molecule has 0 aliphatic carbocycles. The van der Waals surface area contributed by atoms with Gasteiger partial charge in [0.25, 0.3) is 0 Å². The maximum absolute atomic E-state index is 5.68. The molecule has 90 valence electrons. The van der Waals surface area contributed by atoms with Gasteiger partial charge in [-0.05, 0) is 51.0 Å². The molecule has 17 heavy (non-hydrogen) atoms. The zero-order chi connectivity index (χ0) is 12.4. The maximum Gasteiger partial charge on any atom is 0.0740 e. The molecule has 0 saturated carbocycles. The lowest BCUT2D eigenvalue weighted by molar-refractivity contribution is 0.634. The van der Waals surface area contributed by atoms with E-state index in [0.717, 1.165) is 20.1 Å². The van der Waals surface area contributed by atoms with Crippen LogP contribution in [0.1, 0.15) is 22.7 Å². The Kier molecular flexibility index (Phi) is 4.38. The molecule has 1 atom stereocenters. The van der Waals surface area contributed by atoms with Gasteiger partial charge in [0.1, 0.15) is 0 Å². The van der Waals surface area contributed by atoms with Crippen molar-refractivity contribution in [2.24, 2.45) is 5.84 Å². The molecular formula is C12H12Br2N2S. The molecule has 0 amide bonds. The number of hydrogen-bond donors (Lipinski definition) is 2. The van der Waals surface area contributed by atoms with Gasteiger partial charge in [0.15, 0.2) is 0 Å². The monoisotopic (exact) mass is 374 g/mol. The minimum Gasteiger partial charge on any atom is -0.271 e. The molecule has 1 aromatic heterocycles. The van der Waals surface area contributed by atoms with E-state index in [1.165, 1.54) is 5.56 Å². The van der Waals surface area contributed by atoms with Crippen molar-refractivity contribution in [1.29, 1.82) is 0 Å². The van der Waals surface area contributed by atoms with Crippen LogP contribution in [0.3, 0.4) is 0 Å². The van der Waals surface area contributed by atoms with Crippen LogP contribution >= 0.6 is 43.2 Å². The normalized spacial score (nSPS) is 12.7. The highest BCUT2D eigenvalue weighted by Gasteiger charge is 2.18. The van der Waals surface area contributed by atoms with Crippen molar-refractivity contribution in [3.05, 3.63) is 54.6 Å². The van der Waals surface area contributed by atoms with Crippen LogP contribution in [-0.4, -0.2) is 0 Å². The van der Waals surface area contributed by atoms with Gasteiger partial charge in [-0.15, -0.1) is 0 Å². The fourth-order valence-corrected chi connectivity index (χ4v) is 3.98. The summed E-state index contributed by atoms with van der Waals surface area (Å²) in [5.41, 5.74) is 6.38. The molecule has 1 heterocycles. The molecule has 5 heteroatoms. The number of rotatable bonds is 3. The van der Waals surface area contributed by atoms with Crippen LogP contribution in [0.4, 0.5) is 0 Å². The lowest BCUT2D eigenvalue weighted by Crippen LogP contribution is -2.29. The summed E-state index contributed by atoms with van der Waals surface area (Å²) >= 11 is 8.79. The fourth-order valence-electron chi connectivity index (χ4n) is 1.71. The van der Waals surface area contributed by atoms with Gasteiger partial charge in [-0.2, -0.15) is 11.3 Å². The van der Waals surface area contributed by atoms with Crippen molar-refractivity contribution >= 4 is 43.2 Å². The van der Waals surface area contributed by atoms with Gasteiger partial charge in [-0.1, -0.05) is 28.1 Å². The van der Waals surface area contributed by atoms with E-state index < -0.39 is 0 Å². The smallest absolute Gasteiger partial charge is 0.0740 e. The second-order valence-electron chi connectivity index (χ2n) is 3.80. The van der Waals surface area contributed by atoms with Gasteiger partial charge in [0, 0.05) is 14.3 Å². The first-order valence-electron chi connectivity index (χ1n) is 5.07. The third-order valence-corrected chi connectivity index (χ3v) is 5.03. The third kappa shape index (κ3) is 2.80. The molecule has 0 aliphatic heterocycles. The summed E-state index contributed by atoms with van der Waals surface area (Å²) in [5, 5.41) is 4.16. The predicted octanol–water partition coefficient (Wildman–Crippen LogP) is 4.13. The molecule has 0 bridgehead atoms. The summed E-state index contributed by atoms with van der Waals surface area (Å²) in [6.45, 7) is 2.07. The van der Waals surface area contributed by atoms with Crippen LogP contribution < -0.4 is 11.3 Å². The number of thiophene rings is 1. The fraction of sp³-hybridized carbons (Fsp3) is 0.167. The van der Waals surface area contributed by atoms with E-state index in [9.17, 15) is 0 Å². The molecule has 1 aromatic carbocycles. The standard InChI is InChI=1S/C12H12Br2N2S/c1-7-2-3-8(10(13)4-7)12(16-15)9-5-17-6-11(9)14/h2-6,12,16H,15H2,1H3. The molecule has 1 unspecified atom stereocenters. The van der Waals surface area contributed by atoms with E-state index in [4.69, 9.17) is 5.84 Å². The van der Waals surface area contributed by atoms with Crippen molar-refractivity contribution in [2.45, 2.75) is 13.0 Å². The number of nitrogens with one attached hydrogen (secondary N) is 1. The van der Waals surface area contributed by atoms with E-state index in [1.54, 1.807) is 11.3 Å². The number of benzene rings is 1. The van der Waals surface area contributed by atoms with Gasteiger partial charge in [0.05, 0.1) is 6.04 Å². The first kappa shape index (κ1) is 13.2. The number of nitrogens with two attached hydrogens (primary N) is 1. The predicted molar refractivity (Wildman–Crippen MR) is 80.1 cm³/mol. The molecule has 0 saturated heterocycles. The number of hydrogen-bond acceptors (Lipinski definition) is 3. The summed E-state index contributed by atoms with van der Waals surface area (Å²) in [6.07, 6.45) is 0. The number of hydrazine groups is 1.